The quantitative estimate of drug-likeness (QED) is 0.391. The van der Waals surface area contributed by atoms with Gasteiger partial charge < -0.3 is 20.0 Å². The molecular formula is C19H31IN4O2. The molecule has 1 amide bonds. The summed E-state index contributed by atoms with van der Waals surface area (Å²) in [6.07, 6.45) is 5.42. The Bertz CT molecular complexity index is 603. The van der Waals surface area contributed by atoms with Crippen LogP contribution in [0, 0.1) is 11.3 Å². The van der Waals surface area contributed by atoms with Crippen LogP contribution in [-0.2, 0) is 11.2 Å². The smallest absolute Gasteiger partial charge is 0.220 e. The lowest BCUT2D eigenvalue weighted by molar-refractivity contribution is -0.119. The van der Waals surface area contributed by atoms with E-state index < -0.39 is 0 Å². The maximum Gasteiger partial charge on any atom is 0.220 e. The van der Waals surface area contributed by atoms with Crippen LogP contribution in [0.4, 0.5) is 0 Å². The van der Waals surface area contributed by atoms with E-state index in [2.05, 4.69) is 29.4 Å². The van der Waals surface area contributed by atoms with Crippen LogP contribution < -0.4 is 10.6 Å². The van der Waals surface area contributed by atoms with Crippen LogP contribution in [0.25, 0.3) is 0 Å². The third-order valence-electron chi connectivity index (χ3n) is 5.00. The van der Waals surface area contributed by atoms with Crippen molar-refractivity contribution >= 4 is 35.8 Å². The summed E-state index contributed by atoms with van der Waals surface area (Å²) >= 11 is 0. The van der Waals surface area contributed by atoms with Gasteiger partial charge in [-0.2, -0.15) is 0 Å². The van der Waals surface area contributed by atoms with Gasteiger partial charge in [0.25, 0.3) is 0 Å². The molecule has 3 rings (SSSR count). The second-order valence-electron chi connectivity index (χ2n) is 7.79. The molecule has 6 nitrogen and oxygen atoms in total. The Labute approximate surface area is 173 Å². The fourth-order valence-electron chi connectivity index (χ4n) is 3.72. The number of amides is 1. The first-order valence-corrected chi connectivity index (χ1v) is 9.39. The molecule has 1 spiro atoms. The average Bonchev–Trinajstić information content (AvgIpc) is 3.21. The van der Waals surface area contributed by atoms with Crippen molar-refractivity contribution in [3.8, 4) is 0 Å². The highest BCUT2D eigenvalue weighted by Crippen LogP contribution is 2.36. The lowest BCUT2D eigenvalue weighted by atomic mass is 9.79. The van der Waals surface area contributed by atoms with Crippen LogP contribution in [0.5, 0.6) is 0 Å². The summed E-state index contributed by atoms with van der Waals surface area (Å²) in [5.74, 6) is 2.67. The fraction of sp³-hybridized carbons (Fsp3) is 0.684. The molecule has 2 N–H and O–H groups in total. The fourth-order valence-corrected chi connectivity index (χ4v) is 3.72. The van der Waals surface area contributed by atoms with Gasteiger partial charge in [0.05, 0.1) is 6.26 Å². The first kappa shape index (κ1) is 21.1. The van der Waals surface area contributed by atoms with E-state index in [9.17, 15) is 4.79 Å². The monoisotopic (exact) mass is 474 g/mol. The number of carbonyl (C=O) groups excluding carboxylic acids is 1. The molecule has 2 aliphatic rings. The lowest BCUT2D eigenvalue weighted by Crippen LogP contribution is -2.51. The van der Waals surface area contributed by atoms with Gasteiger partial charge in [0.2, 0.25) is 5.91 Å². The summed E-state index contributed by atoms with van der Waals surface area (Å²) in [6, 6.07) is 3.92. The summed E-state index contributed by atoms with van der Waals surface area (Å²) < 4.78 is 5.41. The largest absolute Gasteiger partial charge is 0.469 e. The average molecular weight is 474 g/mol. The van der Waals surface area contributed by atoms with E-state index in [1.165, 1.54) is 0 Å². The molecule has 26 heavy (non-hydrogen) atoms. The summed E-state index contributed by atoms with van der Waals surface area (Å²) in [4.78, 5) is 18.9. The number of halogens is 1. The van der Waals surface area contributed by atoms with Crippen molar-refractivity contribution in [3.63, 3.8) is 0 Å². The van der Waals surface area contributed by atoms with Crippen molar-refractivity contribution in [2.75, 3.05) is 32.7 Å². The topological polar surface area (TPSA) is 69.9 Å². The van der Waals surface area contributed by atoms with E-state index in [0.29, 0.717) is 12.3 Å². The SMILES string of the molecule is CC(C)CN=C(NCCc1ccco1)N1CCCC2(CNC(=O)C2)C1.I. The highest BCUT2D eigenvalue weighted by atomic mass is 127. The number of nitrogens with one attached hydrogen (secondary N) is 2. The van der Waals surface area contributed by atoms with Crippen LogP contribution in [0.3, 0.4) is 0 Å². The van der Waals surface area contributed by atoms with Gasteiger partial charge in [0.15, 0.2) is 5.96 Å². The van der Waals surface area contributed by atoms with Crippen molar-refractivity contribution in [1.29, 1.82) is 0 Å². The van der Waals surface area contributed by atoms with Gasteiger partial charge in [-0.1, -0.05) is 13.8 Å². The zero-order valence-corrected chi connectivity index (χ0v) is 18.1. The Morgan fingerprint density at radius 2 is 2.35 bits per heavy atom. The molecule has 1 atom stereocenters. The minimum Gasteiger partial charge on any atom is -0.469 e. The molecule has 1 aromatic heterocycles. The maximum atomic E-state index is 11.7. The summed E-state index contributed by atoms with van der Waals surface area (Å²) in [5, 5.41) is 6.52. The molecule has 146 valence electrons. The van der Waals surface area contributed by atoms with Crippen LogP contribution in [-0.4, -0.2) is 49.5 Å². The molecule has 0 saturated carbocycles. The van der Waals surface area contributed by atoms with Crippen molar-refractivity contribution < 1.29 is 9.21 Å². The van der Waals surface area contributed by atoms with Crippen molar-refractivity contribution in [2.45, 2.75) is 39.5 Å². The molecular weight excluding hydrogens is 443 g/mol. The maximum absolute atomic E-state index is 11.7. The zero-order valence-electron chi connectivity index (χ0n) is 15.8. The van der Waals surface area contributed by atoms with Gasteiger partial charge in [0.1, 0.15) is 5.76 Å². The van der Waals surface area contributed by atoms with E-state index in [4.69, 9.17) is 9.41 Å². The number of guanidine groups is 1. The van der Waals surface area contributed by atoms with Crippen LogP contribution >= 0.6 is 24.0 Å². The number of rotatable bonds is 5. The standard InChI is InChI=1S/C19H30N4O2.HI/c1-15(2)12-21-18(20-8-6-16-5-3-10-25-16)23-9-4-7-19(14-23)11-17(24)22-13-19;/h3,5,10,15H,4,6-9,11-14H2,1-2H3,(H,20,21)(H,22,24);1H. The minimum atomic E-state index is 0. The second kappa shape index (κ2) is 9.62. The molecule has 0 aliphatic carbocycles. The minimum absolute atomic E-state index is 0. The highest BCUT2D eigenvalue weighted by molar-refractivity contribution is 14.0. The van der Waals surface area contributed by atoms with E-state index >= 15 is 0 Å². The van der Waals surface area contributed by atoms with Crippen LogP contribution in [0.2, 0.25) is 0 Å². The zero-order chi connectivity index (χ0) is 17.7. The normalized spacial score (nSPS) is 23.3. The van der Waals surface area contributed by atoms with E-state index in [-0.39, 0.29) is 35.3 Å². The molecule has 1 unspecified atom stereocenters. The van der Waals surface area contributed by atoms with Crippen molar-refractivity contribution in [2.24, 2.45) is 16.3 Å². The molecule has 2 fully saturated rings. The van der Waals surface area contributed by atoms with Gasteiger partial charge in [-0.05, 0) is 30.9 Å². The van der Waals surface area contributed by atoms with Gasteiger partial charge in [-0.25, -0.2) is 0 Å². The van der Waals surface area contributed by atoms with E-state index in [1.54, 1.807) is 6.26 Å². The molecule has 0 aromatic carbocycles. The Kier molecular flexibility index (Phi) is 7.79. The lowest BCUT2D eigenvalue weighted by Gasteiger charge is -2.41. The predicted octanol–water partition coefficient (Wildman–Crippen LogP) is 2.64. The Balaban J connectivity index is 0.00000243. The number of hydrogen-bond acceptors (Lipinski definition) is 3. The Morgan fingerprint density at radius 3 is 3.00 bits per heavy atom. The molecule has 3 heterocycles. The number of furan rings is 1. The molecule has 0 radical (unpaired) electrons. The number of piperidine rings is 1. The highest BCUT2D eigenvalue weighted by Gasteiger charge is 2.42. The summed E-state index contributed by atoms with van der Waals surface area (Å²) in [7, 11) is 0. The van der Waals surface area contributed by atoms with Crippen molar-refractivity contribution in [3.05, 3.63) is 24.2 Å². The number of hydrogen-bond donors (Lipinski definition) is 2. The van der Waals surface area contributed by atoms with Gasteiger partial charge in [-0.15, -0.1) is 24.0 Å². The number of carbonyl (C=O) groups is 1. The third kappa shape index (κ3) is 5.62. The van der Waals surface area contributed by atoms with Crippen LogP contribution in [0.15, 0.2) is 27.8 Å². The van der Waals surface area contributed by atoms with E-state index in [1.807, 2.05) is 12.1 Å². The first-order valence-electron chi connectivity index (χ1n) is 9.39. The second-order valence-corrected chi connectivity index (χ2v) is 7.79. The van der Waals surface area contributed by atoms with E-state index in [0.717, 1.165) is 63.7 Å². The molecule has 0 bridgehead atoms. The summed E-state index contributed by atoms with van der Waals surface area (Å²) in [6.45, 7) is 8.67. The summed E-state index contributed by atoms with van der Waals surface area (Å²) in [5.41, 5.74) is 0.0800. The molecule has 7 heteroatoms. The van der Waals surface area contributed by atoms with Crippen molar-refractivity contribution in [1.82, 2.24) is 15.5 Å². The molecule has 2 saturated heterocycles. The Morgan fingerprint density at radius 1 is 1.50 bits per heavy atom. The van der Waals surface area contributed by atoms with Gasteiger partial charge in [-0.3, -0.25) is 9.79 Å². The first-order chi connectivity index (χ1) is 12.1. The van der Waals surface area contributed by atoms with Gasteiger partial charge >= 0.3 is 0 Å². The number of nitrogens with zero attached hydrogens (tertiary/aromatic N) is 2. The Hall–Kier alpha value is -1.25. The number of likely N-dealkylation sites (tertiary alicyclic amines) is 1. The number of aliphatic imine (C=N–C) groups is 1. The predicted molar refractivity (Wildman–Crippen MR) is 114 cm³/mol. The van der Waals surface area contributed by atoms with Crippen LogP contribution in [0.1, 0.15) is 38.9 Å². The molecule has 1 aromatic rings. The van der Waals surface area contributed by atoms with Gasteiger partial charge in [0, 0.05) is 51.0 Å². The third-order valence-corrected chi connectivity index (χ3v) is 5.00. The molecule has 2 aliphatic heterocycles.